The Labute approximate surface area is 123 Å². The molecule has 2 rings (SSSR count). The molecule has 0 bridgehead atoms. The molecule has 1 fully saturated rings. The van der Waals surface area contributed by atoms with E-state index in [1.54, 1.807) is 24.3 Å². The summed E-state index contributed by atoms with van der Waals surface area (Å²) in [6, 6.07) is 6.88. The van der Waals surface area contributed by atoms with E-state index in [-0.39, 0.29) is 0 Å². The first-order chi connectivity index (χ1) is 8.99. The van der Waals surface area contributed by atoms with Crippen molar-refractivity contribution in [2.24, 2.45) is 5.92 Å². The van der Waals surface area contributed by atoms with Crippen molar-refractivity contribution in [1.29, 1.82) is 0 Å². The molecule has 1 aromatic rings. The van der Waals surface area contributed by atoms with Gasteiger partial charge in [-0.05, 0) is 60.4 Å². The molecule has 0 amide bonds. The fourth-order valence-corrected chi connectivity index (χ4v) is 4.53. The van der Waals surface area contributed by atoms with E-state index in [0.717, 1.165) is 25.9 Å². The highest BCUT2D eigenvalue weighted by Gasteiger charge is 2.21. The molecule has 4 nitrogen and oxygen atoms in total. The number of halogens is 1. The monoisotopic (exact) mass is 346 g/mol. The van der Waals surface area contributed by atoms with Crippen molar-refractivity contribution < 1.29 is 8.42 Å². The molecule has 1 unspecified atom stereocenters. The van der Waals surface area contributed by atoms with Crippen molar-refractivity contribution in [3.63, 3.8) is 0 Å². The van der Waals surface area contributed by atoms with Crippen LogP contribution in [0.4, 0.5) is 0 Å². The Morgan fingerprint density at radius 2 is 2.16 bits per heavy atom. The van der Waals surface area contributed by atoms with Gasteiger partial charge in [0.25, 0.3) is 0 Å². The minimum absolute atomic E-state index is 0.305. The highest BCUT2D eigenvalue weighted by atomic mass is 79.9. The van der Waals surface area contributed by atoms with E-state index in [4.69, 9.17) is 0 Å². The summed E-state index contributed by atoms with van der Waals surface area (Å²) in [7, 11) is -1.35. The molecule has 106 valence electrons. The second-order valence-electron chi connectivity index (χ2n) is 5.05. The molecular formula is C13H19BrN2O2S. The maximum Gasteiger partial charge on any atom is 0.241 e. The van der Waals surface area contributed by atoms with E-state index in [1.165, 1.54) is 0 Å². The van der Waals surface area contributed by atoms with Gasteiger partial charge in [0.2, 0.25) is 10.0 Å². The van der Waals surface area contributed by atoms with E-state index in [2.05, 4.69) is 32.6 Å². The second-order valence-corrected chi connectivity index (χ2v) is 7.64. The number of hydrogen-bond donors (Lipinski definition) is 1. The lowest BCUT2D eigenvalue weighted by atomic mass is 9.99. The van der Waals surface area contributed by atoms with Crippen LogP contribution in [0.3, 0.4) is 0 Å². The van der Waals surface area contributed by atoms with Crippen molar-refractivity contribution in [3.8, 4) is 0 Å². The van der Waals surface area contributed by atoms with Gasteiger partial charge in [0.15, 0.2) is 0 Å². The molecule has 19 heavy (non-hydrogen) atoms. The molecule has 1 aliphatic rings. The highest BCUT2D eigenvalue weighted by Crippen LogP contribution is 2.21. The second kappa shape index (κ2) is 6.35. The van der Waals surface area contributed by atoms with Gasteiger partial charge in [-0.15, -0.1) is 0 Å². The van der Waals surface area contributed by atoms with Gasteiger partial charge in [0.1, 0.15) is 0 Å². The van der Waals surface area contributed by atoms with Crippen LogP contribution in [0.25, 0.3) is 0 Å². The molecule has 1 heterocycles. The van der Waals surface area contributed by atoms with E-state index in [0.29, 0.717) is 21.8 Å². The number of hydrogen-bond acceptors (Lipinski definition) is 3. The summed E-state index contributed by atoms with van der Waals surface area (Å²) >= 11 is 3.28. The van der Waals surface area contributed by atoms with Crippen LogP contribution in [0, 0.1) is 5.92 Å². The molecular weight excluding hydrogens is 328 g/mol. The summed E-state index contributed by atoms with van der Waals surface area (Å²) in [5.41, 5.74) is 0. The molecule has 1 N–H and O–H groups in total. The average Bonchev–Trinajstić information content (AvgIpc) is 2.37. The number of benzene rings is 1. The van der Waals surface area contributed by atoms with E-state index < -0.39 is 10.0 Å². The molecule has 0 saturated carbocycles. The lowest BCUT2D eigenvalue weighted by Crippen LogP contribution is -2.39. The minimum Gasteiger partial charge on any atom is -0.306 e. The molecule has 0 spiro atoms. The maximum absolute atomic E-state index is 12.2. The quantitative estimate of drug-likeness (QED) is 0.907. The van der Waals surface area contributed by atoms with Gasteiger partial charge in [0.05, 0.1) is 4.90 Å². The summed E-state index contributed by atoms with van der Waals surface area (Å²) in [5, 5.41) is 0. The minimum atomic E-state index is -3.42. The average molecular weight is 347 g/mol. The Balaban J connectivity index is 2.00. The molecule has 1 aliphatic heterocycles. The summed E-state index contributed by atoms with van der Waals surface area (Å²) in [6.45, 7) is 2.57. The third-order valence-corrected chi connectivity index (χ3v) is 5.85. The highest BCUT2D eigenvalue weighted by molar-refractivity contribution is 9.10. The Kier molecular flexibility index (Phi) is 5.00. The van der Waals surface area contributed by atoms with Crippen molar-refractivity contribution in [1.82, 2.24) is 9.62 Å². The molecule has 6 heteroatoms. The van der Waals surface area contributed by atoms with Gasteiger partial charge < -0.3 is 4.90 Å². The fourth-order valence-electron chi connectivity index (χ4n) is 2.41. The number of sulfonamides is 1. The SMILES string of the molecule is CN1CCCC(CNS(=O)(=O)c2ccccc2Br)C1. The number of likely N-dealkylation sites (tertiary alicyclic amines) is 1. The topological polar surface area (TPSA) is 49.4 Å². The van der Waals surface area contributed by atoms with Gasteiger partial charge >= 0.3 is 0 Å². The molecule has 1 atom stereocenters. The molecule has 0 aromatic heterocycles. The van der Waals surface area contributed by atoms with Gasteiger partial charge in [-0.2, -0.15) is 0 Å². The zero-order valence-electron chi connectivity index (χ0n) is 11.0. The maximum atomic E-state index is 12.2. The van der Waals surface area contributed by atoms with Crippen molar-refractivity contribution in [3.05, 3.63) is 28.7 Å². The molecule has 0 aliphatic carbocycles. The van der Waals surface area contributed by atoms with Crippen LogP contribution >= 0.6 is 15.9 Å². The van der Waals surface area contributed by atoms with Crippen LogP contribution in [0.5, 0.6) is 0 Å². The van der Waals surface area contributed by atoms with Crippen LogP contribution < -0.4 is 4.72 Å². The fraction of sp³-hybridized carbons (Fsp3) is 0.538. The van der Waals surface area contributed by atoms with E-state index >= 15 is 0 Å². The predicted octanol–water partition coefficient (Wildman–Crippen LogP) is 2.07. The first-order valence-corrected chi connectivity index (χ1v) is 8.69. The van der Waals surface area contributed by atoms with Crippen LogP contribution in [-0.2, 0) is 10.0 Å². The van der Waals surface area contributed by atoms with Crippen LogP contribution in [0.2, 0.25) is 0 Å². The van der Waals surface area contributed by atoms with Crippen LogP contribution in [0.15, 0.2) is 33.6 Å². The zero-order chi connectivity index (χ0) is 13.9. The molecule has 0 radical (unpaired) electrons. The summed E-state index contributed by atoms with van der Waals surface area (Å²) in [5.74, 6) is 0.399. The Bertz CT molecular complexity index is 533. The summed E-state index contributed by atoms with van der Waals surface area (Å²) in [4.78, 5) is 2.56. The first kappa shape index (κ1) is 15.0. The van der Waals surface area contributed by atoms with Gasteiger partial charge in [-0.3, -0.25) is 0 Å². The Morgan fingerprint density at radius 3 is 2.84 bits per heavy atom. The third kappa shape index (κ3) is 4.02. The number of nitrogens with zero attached hydrogens (tertiary/aromatic N) is 1. The van der Waals surface area contributed by atoms with Crippen LogP contribution in [-0.4, -0.2) is 40.0 Å². The van der Waals surface area contributed by atoms with Gasteiger partial charge in [-0.1, -0.05) is 12.1 Å². The lowest BCUT2D eigenvalue weighted by molar-refractivity contribution is 0.211. The van der Waals surface area contributed by atoms with Crippen molar-refractivity contribution >= 4 is 26.0 Å². The standard InChI is InChI=1S/C13H19BrN2O2S/c1-16-8-4-5-11(10-16)9-15-19(17,18)13-7-3-2-6-12(13)14/h2-3,6-7,11,15H,4-5,8-10H2,1H3. The largest absolute Gasteiger partial charge is 0.306 e. The van der Waals surface area contributed by atoms with E-state index in [9.17, 15) is 8.42 Å². The lowest BCUT2D eigenvalue weighted by Gasteiger charge is -2.29. The third-order valence-electron chi connectivity index (χ3n) is 3.41. The Morgan fingerprint density at radius 1 is 1.42 bits per heavy atom. The van der Waals surface area contributed by atoms with Crippen molar-refractivity contribution in [2.45, 2.75) is 17.7 Å². The van der Waals surface area contributed by atoms with Gasteiger partial charge in [0, 0.05) is 17.6 Å². The predicted molar refractivity (Wildman–Crippen MR) is 79.6 cm³/mol. The molecule has 1 aromatic carbocycles. The molecule has 1 saturated heterocycles. The van der Waals surface area contributed by atoms with Gasteiger partial charge in [-0.25, -0.2) is 13.1 Å². The Hall–Kier alpha value is -0.430. The number of piperidine rings is 1. The number of rotatable bonds is 4. The smallest absolute Gasteiger partial charge is 0.241 e. The van der Waals surface area contributed by atoms with Crippen molar-refractivity contribution in [2.75, 3.05) is 26.7 Å². The summed E-state index contributed by atoms with van der Waals surface area (Å²) in [6.07, 6.45) is 2.22. The first-order valence-electron chi connectivity index (χ1n) is 6.42. The number of nitrogens with one attached hydrogen (secondary N) is 1. The summed E-state index contributed by atoms with van der Waals surface area (Å²) < 4.78 is 27.8. The zero-order valence-corrected chi connectivity index (χ0v) is 13.4. The van der Waals surface area contributed by atoms with E-state index in [1.807, 2.05) is 0 Å². The van der Waals surface area contributed by atoms with Crippen LogP contribution in [0.1, 0.15) is 12.8 Å². The normalized spacial score (nSPS) is 21.5.